The second-order valence-corrected chi connectivity index (χ2v) is 5.50. The van der Waals surface area contributed by atoms with Crippen LogP contribution < -0.4 is 10.6 Å². The zero-order valence-electron chi connectivity index (χ0n) is 13.7. The Hall–Kier alpha value is -3.13. The van der Waals surface area contributed by atoms with Crippen LogP contribution in [0.1, 0.15) is 35.3 Å². The van der Waals surface area contributed by atoms with Gasteiger partial charge in [0.2, 0.25) is 5.91 Å². The van der Waals surface area contributed by atoms with E-state index in [4.69, 9.17) is 0 Å². The summed E-state index contributed by atoms with van der Waals surface area (Å²) in [5.41, 5.74) is 2.37. The Kier molecular flexibility index (Phi) is 5.69. The third-order valence-electron chi connectivity index (χ3n) is 3.62. The molecule has 2 rings (SSSR count). The van der Waals surface area contributed by atoms with Crippen LogP contribution in [0.15, 0.2) is 48.5 Å². The zero-order valence-corrected chi connectivity index (χ0v) is 13.7. The molecule has 0 aromatic heterocycles. The standard InChI is InChI=1S/C19H19N3O2/c1-13(19(24)21-12-15-6-4-3-5-7-15)22-18-10-16(14(2)23)8-9-17(18)11-20/h3-10,13,22H,12H2,1-2H3,(H,21,24). The van der Waals surface area contributed by atoms with Crippen LogP contribution in [0.5, 0.6) is 0 Å². The maximum atomic E-state index is 12.2. The lowest BCUT2D eigenvalue weighted by Gasteiger charge is -2.17. The second-order valence-electron chi connectivity index (χ2n) is 5.50. The highest BCUT2D eigenvalue weighted by molar-refractivity contribution is 5.95. The minimum absolute atomic E-state index is 0.0938. The number of nitriles is 1. The summed E-state index contributed by atoms with van der Waals surface area (Å²) in [5, 5.41) is 15.0. The summed E-state index contributed by atoms with van der Waals surface area (Å²) >= 11 is 0. The maximum absolute atomic E-state index is 12.2. The summed E-state index contributed by atoms with van der Waals surface area (Å²) in [6, 6.07) is 15.9. The molecule has 0 bridgehead atoms. The van der Waals surface area contributed by atoms with Crippen molar-refractivity contribution in [2.75, 3.05) is 5.32 Å². The molecule has 0 aliphatic heterocycles. The van der Waals surface area contributed by atoms with Crippen molar-refractivity contribution in [1.29, 1.82) is 5.26 Å². The Morgan fingerprint density at radius 3 is 2.50 bits per heavy atom. The number of nitrogens with one attached hydrogen (secondary N) is 2. The van der Waals surface area contributed by atoms with E-state index in [0.29, 0.717) is 23.4 Å². The van der Waals surface area contributed by atoms with Gasteiger partial charge in [-0.3, -0.25) is 9.59 Å². The van der Waals surface area contributed by atoms with E-state index in [1.807, 2.05) is 30.3 Å². The summed E-state index contributed by atoms with van der Waals surface area (Å²) in [5.74, 6) is -0.278. The molecule has 0 aliphatic rings. The van der Waals surface area contributed by atoms with E-state index >= 15 is 0 Å². The van der Waals surface area contributed by atoms with E-state index in [9.17, 15) is 14.9 Å². The normalized spacial score (nSPS) is 11.2. The SMILES string of the molecule is CC(=O)c1ccc(C#N)c(NC(C)C(=O)NCc2ccccc2)c1. The Labute approximate surface area is 141 Å². The van der Waals surface area contributed by atoms with E-state index in [0.717, 1.165) is 5.56 Å². The maximum Gasteiger partial charge on any atom is 0.242 e. The monoisotopic (exact) mass is 321 g/mol. The van der Waals surface area contributed by atoms with Crippen LogP contribution in [-0.2, 0) is 11.3 Å². The van der Waals surface area contributed by atoms with Gasteiger partial charge in [-0.25, -0.2) is 0 Å². The van der Waals surface area contributed by atoms with Crippen LogP contribution in [0.2, 0.25) is 0 Å². The number of amides is 1. The fourth-order valence-electron chi connectivity index (χ4n) is 2.22. The molecule has 122 valence electrons. The van der Waals surface area contributed by atoms with Gasteiger partial charge in [0.25, 0.3) is 0 Å². The van der Waals surface area contributed by atoms with E-state index in [1.165, 1.54) is 6.92 Å². The van der Waals surface area contributed by atoms with Crippen LogP contribution >= 0.6 is 0 Å². The van der Waals surface area contributed by atoms with Crippen LogP contribution in [0.4, 0.5) is 5.69 Å². The number of anilines is 1. The van der Waals surface area contributed by atoms with Gasteiger partial charge < -0.3 is 10.6 Å². The summed E-state index contributed by atoms with van der Waals surface area (Å²) in [4.78, 5) is 23.7. The molecule has 24 heavy (non-hydrogen) atoms. The molecule has 1 amide bonds. The van der Waals surface area contributed by atoms with Gasteiger partial charge in [-0.05, 0) is 37.6 Å². The van der Waals surface area contributed by atoms with Crippen molar-refractivity contribution in [1.82, 2.24) is 5.32 Å². The fourth-order valence-corrected chi connectivity index (χ4v) is 2.22. The van der Waals surface area contributed by atoms with E-state index in [2.05, 4.69) is 16.7 Å². The highest BCUT2D eigenvalue weighted by Gasteiger charge is 2.15. The summed E-state index contributed by atoms with van der Waals surface area (Å²) < 4.78 is 0. The van der Waals surface area contributed by atoms with Gasteiger partial charge in [-0.15, -0.1) is 0 Å². The van der Waals surface area contributed by atoms with Crippen molar-refractivity contribution in [3.8, 4) is 6.07 Å². The lowest BCUT2D eigenvalue weighted by molar-refractivity contribution is -0.121. The molecule has 5 nitrogen and oxygen atoms in total. The first-order valence-electron chi connectivity index (χ1n) is 7.64. The molecule has 0 fully saturated rings. The predicted molar refractivity (Wildman–Crippen MR) is 92.5 cm³/mol. The van der Waals surface area contributed by atoms with E-state index in [-0.39, 0.29) is 11.7 Å². The summed E-state index contributed by atoms with van der Waals surface area (Å²) in [6.45, 7) is 3.60. The number of hydrogen-bond acceptors (Lipinski definition) is 4. The minimum atomic E-state index is -0.539. The van der Waals surface area contributed by atoms with Crippen molar-refractivity contribution in [3.05, 3.63) is 65.2 Å². The van der Waals surface area contributed by atoms with Crippen LogP contribution in [0.25, 0.3) is 0 Å². The van der Waals surface area contributed by atoms with Gasteiger partial charge >= 0.3 is 0 Å². The number of benzene rings is 2. The number of rotatable bonds is 6. The Balaban J connectivity index is 2.04. The first-order chi connectivity index (χ1) is 11.5. The topological polar surface area (TPSA) is 82.0 Å². The van der Waals surface area contributed by atoms with Crippen molar-refractivity contribution < 1.29 is 9.59 Å². The molecule has 1 unspecified atom stereocenters. The molecule has 0 aliphatic carbocycles. The third-order valence-corrected chi connectivity index (χ3v) is 3.62. The van der Waals surface area contributed by atoms with Gasteiger partial charge in [-0.1, -0.05) is 30.3 Å². The number of ketones is 1. The molecule has 0 spiro atoms. The molecule has 0 saturated carbocycles. The van der Waals surface area contributed by atoms with Crippen LogP contribution in [0, 0.1) is 11.3 Å². The molecule has 0 saturated heterocycles. The second kappa shape index (κ2) is 7.93. The summed E-state index contributed by atoms with van der Waals surface area (Å²) in [7, 11) is 0. The largest absolute Gasteiger partial charge is 0.373 e. The van der Waals surface area contributed by atoms with Crippen molar-refractivity contribution in [2.45, 2.75) is 26.4 Å². The minimum Gasteiger partial charge on any atom is -0.373 e. The average Bonchev–Trinajstić information content (AvgIpc) is 2.60. The highest BCUT2D eigenvalue weighted by Crippen LogP contribution is 2.18. The molecule has 2 aromatic carbocycles. The molecule has 0 radical (unpaired) electrons. The number of Topliss-reactive ketones (excluding diaryl/α,β-unsaturated/α-hetero) is 1. The number of hydrogen-bond donors (Lipinski definition) is 2. The summed E-state index contributed by atoms with van der Waals surface area (Å²) in [6.07, 6.45) is 0. The molecular formula is C19H19N3O2. The highest BCUT2D eigenvalue weighted by atomic mass is 16.2. The number of carbonyl (C=O) groups excluding carboxylic acids is 2. The van der Waals surface area contributed by atoms with Gasteiger partial charge in [-0.2, -0.15) is 5.26 Å². The quantitative estimate of drug-likeness (QED) is 0.802. The molecule has 2 N–H and O–H groups in total. The molecule has 5 heteroatoms. The average molecular weight is 321 g/mol. The zero-order chi connectivity index (χ0) is 17.5. The van der Waals surface area contributed by atoms with Gasteiger partial charge in [0.1, 0.15) is 12.1 Å². The number of nitrogens with zero attached hydrogens (tertiary/aromatic N) is 1. The van der Waals surface area contributed by atoms with Crippen LogP contribution in [-0.4, -0.2) is 17.7 Å². The van der Waals surface area contributed by atoms with Crippen molar-refractivity contribution in [2.24, 2.45) is 0 Å². The van der Waals surface area contributed by atoms with E-state index < -0.39 is 6.04 Å². The third kappa shape index (κ3) is 4.43. The smallest absolute Gasteiger partial charge is 0.242 e. The van der Waals surface area contributed by atoms with Crippen molar-refractivity contribution >= 4 is 17.4 Å². The van der Waals surface area contributed by atoms with Gasteiger partial charge in [0.05, 0.1) is 11.3 Å². The fraction of sp³-hybridized carbons (Fsp3) is 0.211. The lowest BCUT2D eigenvalue weighted by Crippen LogP contribution is -2.37. The van der Waals surface area contributed by atoms with Crippen LogP contribution in [0.3, 0.4) is 0 Å². The Morgan fingerprint density at radius 1 is 1.17 bits per heavy atom. The van der Waals surface area contributed by atoms with Crippen molar-refractivity contribution in [3.63, 3.8) is 0 Å². The van der Waals surface area contributed by atoms with E-state index in [1.54, 1.807) is 25.1 Å². The van der Waals surface area contributed by atoms with Gasteiger partial charge in [0.15, 0.2) is 5.78 Å². The molecular weight excluding hydrogens is 302 g/mol. The van der Waals surface area contributed by atoms with Gasteiger partial charge in [0, 0.05) is 12.1 Å². The Morgan fingerprint density at radius 2 is 1.88 bits per heavy atom. The first-order valence-corrected chi connectivity index (χ1v) is 7.64. The molecule has 1 atom stereocenters. The first kappa shape index (κ1) is 17.2. The number of carbonyl (C=O) groups is 2. The Bertz CT molecular complexity index is 779. The molecule has 0 heterocycles. The lowest BCUT2D eigenvalue weighted by atomic mass is 10.1. The predicted octanol–water partition coefficient (Wildman–Crippen LogP) is 2.88. The molecule has 2 aromatic rings.